The molecule has 39 heavy (non-hydrogen) atoms. The molecule has 1 aliphatic carbocycles. The summed E-state index contributed by atoms with van der Waals surface area (Å²) >= 11 is 0. The number of amides is 1. The minimum Gasteiger partial charge on any atom is -0.478 e. The fourth-order valence-electron chi connectivity index (χ4n) is 4.97. The number of aromatic amines is 1. The highest BCUT2D eigenvalue weighted by atomic mass is 19.1. The summed E-state index contributed by atoms with van der Waals surface area (Å²) in [6, 6.07) is 10.8. The van der Waals surface area contributed by atoms with Gasteiger partial charge < -0.3 is 15.4 Å². The van der Waals surface area contributed by atoms with E-state index in [1.807, 2.05) is 0 Å². The van der Waals surface area contributed by atoms with Crippen LogP contribution in [0.25, 0.3) is 28.0 Å². The third-order valence-corrected chi connectivity index (χ3v) is 6.97. The summed E-state index contributed by atoms with van der Waals surface area (Å²) in [5, 5.41) is 16.2. The molecule has 11 heteroatoms. The van der Waals surface area contributed by atoms with Crippen molar-refractivity contribution in [2.24, 2.45) is 0 Å². The molecule has 0 saturated heterocycles. The van der Waals surface area contributed by atoms with Crippen molar-refractivity contribution in [3.05, 3.63) is 89.6 Å². The van der Waals surface area contributed by atoms with Crippen LogP contribution in [0, 0.1) is 5.82 Å². The van der Waals surface area contributed by atoms with Crippen molar-refractivity contribution in [3.63, 3.8) is 0 Å². The lowest BCUT2D eigenvalue weighted by atomic mass is 10.1. The van der Waals surface area contributed by atoms with Gasteiger partial charge in [0.25, 0.3) is 5.91 Å². The summed E-state index contributed by atoms with van der Waals surface area (Å²) in [5.74, 6) is -0.689. The van der Waals surface area contributed by atoms with Gasteiger partial charge in [-0.15, -0.1) is 0 Å². The number of carbonyl (C=O) groups excluding carboxylic acids is 1. The van der Waals surface area contributed by atoms with E-state index < -0.39 is 17.7 Å². The van der Waals surface area contributed by atoms with Crippen molar-refractivity contribution in [1.29, 1.82) is 0 Å². The first kappa shape index (κ1) is 24.4. The van der Waals surface area contributed by atoms with Gasteiger partial charge in [0.2, 0.25) is 0 Å². The quantitative estimate of drug-likeness (QED) is 0.282. The molecule has 1 amide bonds. The number of carboxylic acid groups (broad SMARTS) is 1. The molecule has 0 unspecified atom stereocenters. The number of halogens is 1. The van der Waals surface area contributed by atoms with Crippen LogP contribution in [0.4, 0.5) is 4.39 Å². The number of aromatic carboxylic acids is 1. The second-order valence-corrected chi connectivity index (χ2v) is 9.58. The van der Waals surface area contributed by atoms with Crippen LogP contribution >= 0.6 is 0 Å². The van der Waals surface area contributed by atoms with Crippen LogP contribution in [0.5, 0.6) is 0 Å². The van der Waals surface area contributed by atoms with Gasteiger partial charge in [0, 0.05) is 24.2 Å². The number of hydrogen-bond donors (Lipinski definition) is 3. The lowest BCUT2D eigenvalue weighted by Crippen LogP contribution is -2.24. The molecule has 0 radical (unpaired) electrons. The average Bonchev–Trinajstić information content (AvgIpc) is 3.71. The number of fused-ring (bicyclic) bond motifs is 1. The second-order valence-electron chi connectivity index (χ2n) is 9.58. The molecule has 1 aliphatic rings. The largest absolute Gasteiger partial charge is 0.478 e. The smallest absolute Gasteiger partial charge is 0.335 e. The van der Waals surface area contributed by atoms with Crippen molar-refractivity contribution in [1.82, 2.24) is 35.0 Å². The van der Waals surface area contributed by atoms with Gasteiger partial charge in [-0.1, -0.05) is 12.8 Å². The first-order chi connectivity index (χ1) is 18.9. The normalized spacial score (nSPS) is 13.7. The van der Waals surface area contributed by atoms with Gasteiger partial charge in [-0.2, -0.15) is 5.10 Å². The van der Waals surface area contributed by atoms with E-state index in [0.717, 1.165) is 31.5 Å². The first-order valence-corrected chi connectivity index (χ1v) is 12.6. The Kier molecular flexibility index (Phi) is 6.31. The van der Waals surface area contributed by atoms with E-state index >= 15 is 0 Å². The Morgan fingerprint density at radius 2 is 1.87 bits per heavy atom. The minimum atomic E-state index is -1.01. The number of carbonyl (C=O) groups is 2. The van der Waals surface area contributed by atoms with Crippen molar-refractivity contribution >= 4 is 23.0 Å². The van der Waals surface area contributed by atoms with Crippen molar-refractivity contribution in [2.75, 3.05) is 0 Å². The standard InChI is InChI=1S/C28H24FN7O3/c29-21-10-16(9-19(11-21)20-13-33-36(14-20)22-7-5-18(6-8-22)28(38)39)12-30-27(37)24-23-26(32-15-31-24)35-25(34-23)17-3-1-2-4-17/h5-11,13-15,17H,1-4,12H2,(H,30,37)(H,38,39)(H,31,32,34,35). The molecule has 3 N–H and O–H groups in total. The van der Waals surface area contributed by atoms with E-state index in [0.29, 0.717) is 39.5 Å². The number of carboxylic acids is 1. The Morgan fingerprint density at radius 1 is 1.08 bits per heavy atom. The van der Waals surface area contributed by atoms with Crippen LogP contribution in [0.1, 0.15) is 63.8 Å². The minimum absolute atomic E-state index is 0.0868. The van der Waals surface area contributed by atoms with Gasteiger partial charge in [-0.05, 0) is 66.4 Å². The Hall–Kier alpha value is -4.93. The topological polar surface area (TPSA) is 139 Å². The maximum Gasteiger partial charge on any atom is 0.335 e. The van der Waals surface area contributed by atoms with Gasteiger partial charge in [0.15, 0.2) is 11.3 Å². The summed E-state index contributed by atoms with van der Waals surface area (Å²) in [6.07, 6.45) is 9.10. The summed E-state index contributed by atoms with van der Waals surface area (Å²) < 4.78 is 16.1. The van der Waals surface area contributed by atoms with Gasteiger partial charge in [0.05, 0.1) is 17.4 Å². The highest BCUT2D eigenvalue weighted by Gasteiger charge is 2.23. The van der Waals surface area contributed by atoms with Crippen LogP contribution in [0.3, 0.4) is 0 Å². The Bertz CT molecular complexity index is 1690. The number of H-pyrrole nitrogens is 1. The van der Waals surface area contributed by atoms with Gasteiger partial charge in [-0.3, -0.25) is 4.79 Å². The molecule has 1 fully saturated rings. The van der Waals surface area contributed by atoms with Crippen LogP contribution in [0.15, 0.2) is 61.2 Å². The third-order valence-electron chi connectivity index (χ3n) is 6.97. The molecular weight excluding hydrogens is 501 g/mol. The Morgan fingerprint density at radius 3 is 2.64 bits per heavy atom. The average molecular weight is 526 g/mol. The van der Waals surface area contributed by atoms with E-state index in [-0.39, 0.29) is 17.8 Å². The Balaban J connectivity index is 1.19. The highest BCUT2D eigenvalue weighted by Crippen LogP contribution is 2.33. The molecule has 0 aliphatic heterocycles. The first-order valence-electron chi connectivity index (χ1n) is 12.6. The number of hydrogen-bond acceptors (Lipinski definition) is 6. The van der Waals surface area contributed by atoms with Gasteiger partial charge in [-0.25, -0.2) is 28.8 Å². The van der Waals surface area contributed by atoms with Gasteiger partial charge >= 0.3 is 5.97 Å². The van der Waals surface area contributed by atoms with Crippen LogP contribution in [0.2, 0.25) is 0 Å². The third kappa shape index (κ3) is 4.98. The molecule has 5 aromatic rings. The molecule has 3 aromatic heterocycles. The van der Waals surface area contributed by atoms with Crippen LogP contribution < -0.4 is 5.32 Å². The predicted molar refractivity (Wildman–Crippen MR) is 140 cm³/mol. The molecule has 0 atom stereocenters. The van der Waals surface area contributed by atoms with Gasteiger partial charge in [0.1, 0.15) is 23.5 Å². The second kappa shape index (κ2) is 10.1. The zero-order chi connectivity index (χ0) is 26.9. The van der Waals surface area contributed by atoms with Crippen LogP contribution in [-0.4, -0.2) is 46.7 Å². The fourth-order valence-corrected chi connectivity index (χ4v) is 4.97. The SMILES string of the molecule is O=C(O)c1ccc(-n2cc(-c3cc(F)cc(CNC(=O)c4ncnc5nc(C6CCCC6)[nH]c45)c3)cn2)cc1. The molecule has 2 aromatic carbocycles. The summed E-state index contributed by atoms with van der Waals surface area (Å²) in [5.41, 5.74) is 3.82. The fraction of sp³-hybridized carbons (Fsp3) is 0.214. The number of nitrogens with one attached hydrogen (secondary N) is 2. The zero-order valence-electron chi connectivity index (χ0n) is 20.8. The highest BCUT2D eigenvalue weighted by molar-refractivity contribution is 6.02. The summed E-state index contributed by atoms with van der Waals surface area (Å²) in [7, 11) is 0. The van der Waals surface area contributed by atoms with Crippen molar-refractivity contribution < 1.29 is 19.1 Å². The molecule has 3 heterocycles. The van der Waals surface area contributed by atoms with Crippen molar-refractivity contribution in [2.45, 2.75) is 38.1 Å². The predicted octanol–water partition coefficient (Wildman–Crippen LogP) is 4.63. The molecule has 0 spiro atoms. The summed E-state index contributed by atoms with van der Waals surface area (Å²) in [6.45, 7) is 0.0868. The molecule has 10 nitrogen and oxygen atoms in total. The van der Waals surface area contributed by atoms with E-state index in [2.05, 4.69) is 30.4 Å². The number of rotatable bonds is 7. The zero-order valence-corrected chi connectivity index (χ0v) is 20.8. The molecule has 1 saturated carbocycles. The monoisotopic (exact) mass is 525 g/mol. The molecule has 6 rings (SSSR count). The molecule has 0 bridgehead atoms. The number of benzene rings is 2. The molecule has 196 valence electrons. The lowest BCUT2D eigenvalue weighted by Gasteiger charge is -2.08. The lowest BCUT2D eigenvalue weighted by molar-refractivity contribution is 0.0696. The van der Waals surface area contributed by atoms with E-state index in [4.69, 9.17) is 5.11 Å². The van der Waals surface area contributed by atoms with Crippen LogP contribution in [-0.2, 0) is 6.54 Å². The number of imidazole rings is 1. The van der Waals surface area contributed by atoms with E-state index in [1.165, 1.54) is 30.6 Å². The summed E-state index contributed by atoms with van der Waals surface area (Å²) in [4.78, 5) is 40.3. The number of aromatic nitrogens is 6. The van der Waals surface area contributed by atoms with Crippen molar-refractivity contribution in [3.8, 4) is 16.8 Å². The number of nitrogens with zero attached hydrogens (tertiary/aromatic N) is 5. The maximum absolute atomic E-state index is 14.5. The Labute approximate surface area is 222 Å². The van der Waals surface area contributed by atoms with E-state index in [9.17, 15) is 14.0 Å². The van der Waals surface area contributed by atoms with E-state index in [1.54, 1.807) is 35.3 Å². The maximum atomic E-state index is 14.5. The molecular formula is C28H24FN7O3.